The average molecular weight is 1250 g/mol. The summed E-state index contributed by atoms with van der Waals surface area (Å²) in [5.41, 5.74) is 25.5. The monoisotopic (exact) mass is 1250 g/mol. The summed E-state index contributed by atoms with van der Waals surface area (Å²) in [7, 11) is 0. The summed E-state index contributed by atoms with van der Waals surface area (Å²) in [5.74, 6) is 1.69. The molecule has 0 aliphatic heterocycles. The summed E-state index contributed by atoms with van der Waals surface area (Å²) < 4.78 is 4.87. The van der Waals surface area contributed by atoms with Gasteiger partial charge in [-0.3, -0.25) is 9.97 Å². The third-order valence-electron chi connectivity index (χ3n) is 17.5. The Kier molecular flexibility index (Phi) is 12.9. The molecular weight excluding hydrogens is 1180 g/mol. The molecule has 0 radical (unpaired) electrons. The average Bonchev–Trinajstić information content (AvgIpc) is 3.75. The molecule has 0 unspecified atom stereocenters. The predicted molar refractivity (Wildman–Crippen MR) is 336 cm³/mol. The van der Waals surface area contributed by atoms with Gasteiger partial charge in [-0.25, -0.2) is 0 Å². The fourth-order valence-electron chi connectivity index (χ4n) is 13.4. The molecule has 3 heterocycles. The Bertz CT molecular complexity index is 4420. The second-order valence-electron chi connectivity index (χ2n) is 25.4. The molecule has 0 saturated carbocycles. The topological polar surface area (TPSA) is 55.9 Å². The number of nitrogens with zero attached hydrogens (tertiary/aromatic N) is 4. The van der Waals surface area contributed by atoms with Crippen molar-refractivity contribution < 1.29 is 26.2 Å². The van der Waals surface area contributed by atoms with E-state index < -0.39 is 0 Å². The molecule has 3 aliphatic rings. The number of hydrogen-bond acceptors (Lipinski definition) is 3. The van der Waals surface area contributed by atoms with Crippen molar-refractivity contribution in [2.45, 2.75) is 104 Å². The Morgan fingerprint density at radius 1 is 0.476 bits per heavy atom. The molecule has 0 spiro atoms. The van der Waals surface area contributed by atoms with Crippen LogP contribution in [0.3, 0.4) is 0 Å². The van der Waals surface area contributed by atoms with Gasteiger partial charge in [0.1, 0.15) is 5.75 Å². The normalized spacial score (nSPS) is 14.6. The van der Waals surface area contributed by atoms with Crippen molar-refractivity contribution in [2.24, 2.45) is 0 Å². The Morgan fingerprint density at radius 2 is 1.04 bits per heavy atom. The van der Waals surface area contributed by atoms with Gasteiger partial charge >= 0.3 is 0 Å². The van der Waals surface area contributed by atoms with Crippen molar-refractivity contribution in [2.75, 3.05) is 0 Å². The second-order valence-corrected chi connectivity index (χ2v) is 25.4. The number of para-hydroxylation sites is 4. The third kappa shape index (κ3) is 8.52. The van der Waals surface area contributed by atoms with Crippen molar-refractivity contribution in [1.29, 1.82) is 0 Å². The van der Waals surface area contributed by atoms with Gasteiger partial charge in [0.05, 0.1) is 22.6 Å². The van der Waals surface area contributed by atoms with E-state index in [1.165, 1.54) is 61.3 Å². The molecule has 2 bridgehead atoms. The molecule has 3 aromatic heterocycles. The Balaban J connectivity index is 0.00000631. The van der Waals surface area contributed by atoms with Crippen LogP contribution in [0.5, 0.6) is 5.75 Å². The van der Waals surface area contributed by atoms with E-state index >= 15 is 0 Å². The number of hydrogen-bond donors (Lipinski definition) is 1. The number of benzene rings is 9. The molecule has 0 amide bonds. The van der Waals surface area contributed by atoms with Crippen LogP contribution in [-0.4, -0.2) is 24.2 Å². The molecule has 9 aromatic carbocycles. The van der Waals surface area contributed by atoms with Crippen LogP contribution in [0, 0.1) is 6.07 Å². The first-order chi connectivity index (χ1) is 39.0. The maximum atomic E-state index is 12.0. The van der Waals surface area contributed by atoms with Crippen LogP contribution < -0.4 is 0 Å². The Labute approximate surface area is 496 Å². The Morgan fingerprint density at radius 3 is 1.65 bits per heavy atom. The van der Waals surface area contributed by atoms with Crippen LogP contribution in [0.15, 0.2) is 194 Å². The minimum Gasteiger partial charge on any atom is -0.507 e. The fraction of sp³-hybridized carbons (Fsp3) is 0.211. The van der Waals surface area contributed by atoms with Gasteiger partial charge in [-0.05, 0) is 155 Å². The van der Waals surface area contributed by atoms with E-state index in [1.807, 2.05) is 18.2 Å². The Hall–Kier alpha value is -8.11. The molecule has 12 aromatic rings. The van der Waals surface area contributed by atoms with Crippen LogP contribution in [-0.2, 0) is 31.9 Å². The summed E-state index contributed by atoms with van der Waals surface area (Å²) in [5, 5.41) is 14.2. The fourth-order valence-corrected chi connectivity index (χ4v) is 13.4. The summed E-state index contributed by atoms with van der Waals surface area (Å²) >= 11 is 0. The molecule has 5 nitrogen and oxygen atoms in total. The maximum Gasteiger partial charge on any atom is 0.124 e. The summed E-state index contributed by atoms with van der Waals surface area (Å²) in [4.78, 5) is 11.3. The van der Waals surface area contributed by atoms with E-state index in [0.29, 0.717) is 11.3 Å². The molecule has 1 N–H and O–H groups in total. The minimum absolute atomic E-state index is 0. The van der Waals surface area contributed by atoms with Crippen LogP contribution in [0.1, 0.15) is 149 Å². The van der Waals surface area contributed by atoms with Crippen molar-refractivity contribution in [3.63, 3.8) is 0 Å². The number of rotatable bonds is 8. The number of aromatic nitrogens is 4. The quantitative estimate of drug-likeness (QED) is 0.154. The summed E-state index contributed by atoms with van der Waals surface area (Å²) in [6.07, 6.45) is 0. The molecule has 0 atom stereocenters. The first-order valence-electron chi connectivity index (χ1n) is 28.9. The zero-order valence-electron chi connectivity index (χ0n) is 48.3. The molecule has 6 heteroatoms. The third-order valence-corrected chi connectivity index (χ3v) is 17.5. The first-order valence-corrected chi connectivity index (χ1v) is 28.9. The largest absolute Gasteiger partial charge is 0.507 e. The summed E-state index contributed by atoms with van der Waals surface area (Å²) in [6, 6.07) is 75.0. The van der Waals surface area contributed by atoms with Gasteiger partial charge in [0.25, 0.3) is 0 Å². The minimum atomic E-state index is -0.0580. The van der Waals surface area contributed by atoms with Crippen LogP contribution >= 0.6 is 0 Å². The van der Waals surface area contributed by atoms with E-state index in [0.717, 1.165) is 72.3 Å². The van der Waals surface area contributed by atoms with Crippen molar-refractivity contribution in [1.82, 2.24) is 19.1 Å². The predicted octanol–water partition coefficient (Wildman–Crippen LogP) is 19.5. The van der Waals surface area contributed by atoms with Gasteiger partial charge < -0.3 is 14.2 Å². The van der Waals surface area contributed by atoms with Gasteiger partial charge in [-0.2, -0.15) is 0 Å². The van der Waals surface area contributed by atoms with Gasteiger partial charge in [0.2, 0.25) is 0 Å². The first kappa shape index (κ1) is 53.2. The molecular formula is C76H67N4OPt-. The zero-order valence-corrected chi connectivity index (χ0v) is 50.6. The van der Waals surface area contributed by atoms with Crippen LogP contribution in [0.4, 0.5) is 0 Å². The van der Waals surface area contributed by atoms with Gasteiger partial charge in [0.15, 0.2) is 0 Å². The molecule has 0 saturated heterocycles. The van der Waals surface area contributed by atoms with Gasteiger partial charge in [0, 0.05) is 61.0 Å². The zero-order chi connectivity index (χ0) is 55.8. The summed E-state index contributed by atoms with van der Waals surface area (Å²) in [6.45, 7) is 22.8. The SMILES string of the molecule is CC(C)c1cccc(C(C)C)c1-n1c(-c2[c-]c(-c3cccc(-c4cc(-c5cc(C(C)(C)C)cc(C(C)(C)C)c5)ccc4O)n3)c3c(c2)c2cc4c(cc2n3-c2ccccc2)C2c3ccccc3C4c3ccccc32)nc2ccccc21.[Pt]. The van der Waals surface area contributed by atoms with Crippen molar-refractivity contribution >= 4 is 32.8 Å². The number of phenols is 1. The van der Waals surface area contributed by atoms with E-state index in [2.05, 4.69) is 260 Å². The van der Waals surface area contributed by atoms with Gasteiger partial charge in [-0.15, -0.1) is 12.1 Å². The van der Waals surface area contributed by atoms with Crippen molar-refractivity contribution in [3.05, 3.63) is 256 Å². The maximum absolute atomic E-state index is 12.0. The molecule has 3 aliphatic carbocycles. The molecule has 82 heavy (non-hydrogen) atoms. The second kappa shape index (κ2) is 19.8. The van der Waals surface area contributed by atoms with E-state index in [9.17, 15) is 5.11 Å². The van der Waals surface area contributed by atoms with Crippen LogP contribution in [0.2, 0.25) is 0 Å². The standard InChI is InChI=1S/C76H67N4O.Pt/c1-44(2)52-28-20-29-53(45(3)4)72(52)80-67-33-19-18-30-66(67)78-74(80)48-39-61-58-42-59-60(71-56-26-16-14-24-54(56)70(59)55-25-15-17-27-57(55)71)43-68(58)79(51-22-12-11-13-23-51)73(61)63(40-48)65-32-21-31-64(77-65)62-38-46(34-35-69(62)81)47-36-49(75(5,6)7)41-50(37-47)76(8,9)10;/h11-39,41-45,70-71,81H,1-10H3;/q-1;. The molecule has 0 fully saturated rings. The van der Waals surface area contributed by atoms with Gasteiger partial charge in [-0.1, -0.05) is 219 Å². The number of fused-ring (bicyclic) bond motifs is 4. The number of imidazole rings is 1. The number of phenolic OH excluding ortho intramolecular Hbond substituents is 1. The smallest absolute Gasteiger partial charge is 0.124 e. The molecule has 408 valence electrons. The van der Waals surface area contributed by atoms with E-state index in [4.69, 9.17) is 9.97 Å². The van der Waals surface area contributed by atoms with E-state index in [-0.39, 0.29) is 61.3 Å². The van der Waals surface area contributed by atoms with E-state index in [1.54, 1.807) is 0 Å². The van der Waals surface area contributed by atoms with Crippen LogP contribution in [0.25, 0.3) is 89.2 Å². The van der Waals surface area contributed by atoms with Crippen molar-refractivity contribution in [3.8, 4) is 62.2 Å². The number of aromatic hydroxyl groups is 1. The molecule has 15 rings (SSSR count). The number of pyridine rings is 1.